The van der Waals surface area contributed by atoms with E-state index in [-0.39, 0.29) is 10.9 Å². The average Bonchev–Trinajstić information content (AvgIpc) is 2.64. The van der Waals surface area contributed by atoms with Gasteiger partial charge in [0.15, 0.2) is 0 Å². The molecule has 0 saturated heterocycles. The Bertz CT molecular complexity index is 710. The molecule has 1 aliphatic rings. The third kappa shape index (κ3) is 6.19. The Kier molecular flexibility index (Phi) is 7.93. The van der Waals surface area contributed by atoms with E-state index in [1.807, 2.05) is 0 Å². The van der Waals surface area contributed by atoms with E-state index in [4.69, 9.17) is 0 Å². The topological polar surface area (TPSA) is 40.6 Å². The summed E-state index contributed by atoms with van der Waals surface area (Å²) in [6, 6.07) is 3.65. The van der Waals surface area contributed by atoms with Crippen LogP contribution in [0, 0.1) is 5.92 Å². The number of benzene rings is 1. The van der Waals surface area contributed by atoms with Gasteiger partial charge in [-0.2, -0.15) is 17.5 Å². The van der Waals surface area contributed by atoms with Gasteiger partial charge in [0.25, 0.3) is 0 Å². The molecule has 1 saturated carbocycles. The molecule has 4 nitrogen and oxygen atoms in total. The lowest BCUT2D eigenvalue weighted by atomic mass is 9.83. The van der Waals surface area contributed by atoms with Crippen LogP contribution >= 0.6 is 0 Å². The van der Waals surface area contributed by atoms with E-state index in [9.17, 15) is 21.6 Å². The monoisotopic (exact) mass is 420 g/mol. The number of unbranched alkanes of at least 4 members (excludes halogenated alkanes) is 1. The van der Waals surface area contributed by atoms with Gasteiger partial charge in [-0.1, -0.05) is 12.8 Å². The van der Waals surface area contributed by atoms with Gasteiger partial charge in [-0.3, -0.25) is 0 Å². The summed E-state index contributed by atoms with van der Waals surface area (Å²) in [6.07, 6.45) is 2.67. The highest BCUT2D eigenvalue weighted by molar-refractivity contribution is 7.89. The highest BCUT2D eigenvalue weighted by atomic mass is 32.2. The van der Waals surface area contributed by atoms with Crippen LogP contribution in [0.15, 0.2) is 29.2 Å². The standard InChI is InChI=1S/C20H31F3N2O2S/c1-24(2)15-5-4-6-16-7-11-18(12-8-16)25(3)28(26,27)19-13-9-17(10-14-19)20(21,22)23/h9-10,13-14,16,18H,4-8,11-12,15H2,1-3H3. The largest absolute Gasteiger partial charge is 0.416 e. The van der Waals surface area contributed by atoms with Crippen LogP contribution in [0.5, 0.6) is 0 Å². The third-order valence-electron chi connectivity index (χ3n) is 5.66. The van der Waals surface area contributed by atoms with Crippen molar-refractivity contribution < 1.29 is 21.6 Å². The van der Waals surface area contributed by atoms with Crippen LogP contribution in [0.25, 0.3) is 0 Å². The Balaban J connectivity index is 1.90. The Morgan fingerprint density at radius 2 is 1.54 bits per heavy atom. The third-order valence-corrected chi connectivity index (χ3v) is 7.58. The molecule has 0 spiro atoms. The van der Waals surface area contributed by atoms with Crippen molar-refractivity contribution in [2.75, 3.05) is 27.7 Å². The number of halogens is 3. The molecule has 0 heterocycles. The second kappa shape index (κ2) is 9.59. The van der Waals surface area contributed by atoms with Crippen LogP contribution in [0.2, 0.25) is 0 Å². The summed E-state index contributed by atoms with van der Waals surface area (Å²) in [7, 11) is 1.88. The van der Waals surface area contributed by atoms with Gasteiger partial charge in [0.2, 0.25) is 10.0 Å². The summed E-state index contributed by atoms with van der Waals surface area (Å²) in [5.41, 5.74) is -0.844. The number of alkyl halides is 3. The van der Waals surface area contributed by atoms with Crippen LogP contribution in [-0.4, -0.2) is 51.4 Å². The van der Waals surface area contributed by atoms with Crippen LogP contribution in [0.3, 0.4) is 0 Å². The first-order valence-corrected chi connectivity index (χ1v) is 11.3. The first kappa shape index (κ1) is 23.2. The molecule has 28 heavy (non-hydrogen) atoms. The van der Waals surface area contributed by atoms with Gasteiger partial charge >= 0.3 is 6.18 Å². The van der Waals surface area contributed by atoms with Crippen molar-refractivity contribution in [3.63, 3.8) is 0 Å². The van der Waals surface area contributed by atoms with Crippen molar-refractivity contribution in [2.45, 2.75) is 62.1 Å². The van der Waals surface area contributed by atoms with Crippen molar-refractivity contribution >= 4 is 10.0 Å². The molecular formula is C20H31F3N2O2S. The van der Waals surface area contributed by atoms with E-state index >= 15 is 0 Å². The number of sulfonamides is 1. The molecule has 2 rings (SSSR count). The lowest BCUT2D eigenvalue weighted by Gasteiger charge is -2.34. The SMILES string of the molecule is CN(C)CCCCC1CCC(N(C)S(=O)(=O)c2ccc(C(F)(F)F)cc2)CC1. The molecule has 1 aromatic carbocycles. The van der Waals surface area contributed by atoms with Gasteiger partial charge in [0.05, 0.1) is 10.5 Å². The van der Waals surface area contributed by atoms with Gasteiger partial charge in [-0.25, -0.2) is 8.42 Å². The number of rotatable bonds is 8. The van der Waals surface area contributed by atoms with Crippen LogP contribution in [0.1, 0.15) is 50.5 Å². The predicted octanol–water partition coefficient (Wildman–Crippen LogP) is 4.62. The molecule has 0 N–H and O–H groups in total. The van der Waals surface area contributed by atoms with E-state index in [1.165, 1.54) is 30.6 Å². The molecule has 0 aliphatic heterocycles. The molecule has 160 valence electrons. The Hall–Kier alpha value is -1.12. The molecule has 0 aromatic heterocycles. The average molecular weight is 421 g/mol. The highest BCUT2D eigenvalue weighted by Crippen LogP contribution is 2.34. The van der Waals surface area contributed by atoms with Crippen molar-refractivity contribution in [2.24, 2.45) is 5.92 Å². The summed E-state index contributed by atoms with van der Waals surface area (Å²) >= 11 is 0. The molecule has 1 fully saturated rings. The number of nitrogens with zero attached hydrogens (tertiary/aromatic N) is 2. The quantitative estimate of drug-likeness (QED) is 0.577. The zero-order valence-electron chi connectivity index (χ0n) is 16.9. The van der Waals surface area contributed by atoms with Gasteiger partial charge in [0.1, 0.15) is 0 Å². The molecule has 1 aliphatic carbocycles. The normalized spacial score (nSPS) is 21.4. The van der Waals surface area contributed by atoms with Crippen molar-refractivity contribution in [1.82, 2.24) is 9.21 Å². The lowest BCUT2D eigenvalue weighted by molar-refractivity contribution is -0.137. The molecule has 0 radical (unpaired) electrons. The second-order valence-electron chi connectivity index (χ2n) is 8.02. The van der Waals surface area contributed by atoms with Crippen LogP contribution in [0.4, 0.5) is 13.2 Å². The van der Waals surface area contributed by atoms with Crippen molar-refractivity contribution in [3.8, 4) is 0 Å². The molecule has 0 unspecified atom stereocenters. The minimum absolute atomic E-state index is 0.0891. The fourth-order valence-corrected chi connectivity index (χ4v) is 5.25. The second-order valence-corrected chi connectivity index (χ2v) is 10.0. The molecule has 8 heteroatoms. The minimum Gasteiger partial charge on any atom is -0.309 e. The van der Waals surface area contributed by atoms with Crippen molar-refractivity contribution in [3.05, 3.63) is 29.8 Å². The maximum atomic E-state index is 12.8. The fourth-order valence-electron chi connectivity index (χ4n) is 3.84. The Morgan fingerprint density at radius 1 is 0.964 bits per heavy atom. The molecule has 0 amide bonds. The Morgan fingerprint density at radius 3 is 2.04 bits per heavy atom. The summed E-state index contributed by atoms with van der Waals surface area (Å²) in [5.74, 6) is 0.639. The summed E-state index contributed by atoms with van der Waals surface area (Å²) in [6.45, 7) is 1.09. The smallest absolute Gasteiger partial charge is 0.309 e. The minimum atomic E-state index is -4.47. The van der Waals surface area contributed by atoms with E-state index in [1.54, 1.807) is 0 Å². The van der Waals surface area contributed by atoms with E-state index < -0.39 is 21.8 Å². The Labute approximate surface area is 166 Å². The molecule has 0 atom stereocenters. The predicted molar refractivity (Wildman–Crippen MR) is 105 cm³/mol. The maximum absolute atomic E-state index is 12.8. The number of hydrogen-bond donors (Lipinski definition) is 0. The van der Waals surface area contributed by atoms with E-state index in [0.717, 1.165) is 56.5 Å². The summed E-state index contributed by atoms with van der Waals surface area (Å²) < 4.78 is 65.0. The van der Waals surface area contributed by atoms with Gasteiger partial charge in [-0.15, -0.1) is 0 Å². The van der Waals surface area contributed by atoms with E-state index in [0.29, 0.717) is 5.92 Å². The van der Waals surface area contributed by atoms with Crippen LogP contribution < -0.4 is 0 Å². The summed E-state index contributed by atoms with van der Waals surface area (Å²) in [5, 5.41) is 0. The highest BCUT2D eigenvalue weighted by Gasteiger charge is 2.33. The number of hydrogen-bond acceptors (Lipinski definition) is 3. The first-order chi connectivity index (χ1) is 13.0. The molecule has 0 bridgehead atoms. The van der Waals surface area contributed by atoms with Gasteiger partial charge in [0, 0.05) is 13.1 Å². The van der Waals surface area contributed by atoms with Crippen LogP contribution in [-0.2, 0) is 16.2 Å². The fraction of sp³-hybridized carbons (Fsp3) is 0.700. The zero-order chi connectivity index (χ0) is 20.9. The summed E-state index contributed by atoms with van der Waals surface area (Å²) in [4.78, 5) is 2.09. The van der Waals surface area contributed by atoms with Gasteiger partial charge in [-0.05, 0) is 82.9 Å². The maximum Gasteiger partial charge on any atom is 0.416 e. The van der Waals surface area contributed by atoms with Gasteiger partial charge < -0.3 is 4.90 Å². The molecule has 1 aromatic rings. The first-order valence-electron chi connectivity index (χ1n) is 9.82. The molecular weight excluding hydrogens is 389 g/mol. The van der Waals surface area contributed by atoms with Crippen molar-refractivity contribution in [1.29, 1.82) is 0 Å². The van der Waals surface area contributed by atoms with E-state index in [2.05, 4.69) is 19.0 Å². The zero-order valence-corrected chi connectivity index (χ0v) is 17.7. The lowest BCUT2D eigenvalue weighted by Crippen LogP contribution is -2.39.